The van der Waals surface area contributed by atoms with E-state index in [9.17, 15) is 31.4 Å². The zero-order valence-corrected chi connectivity index (χ0v) is 9.42. The van der Waals surface area contributed by atoms with Crippen LogP contribution in [0.5, 0.6) is 5.75 Å². The predicted octanol–water partition coefficient (Wildman–Crippen LogP) is 3.96. The summed E-state index contributed by atoms with van der Waals surface area (Å²) in [5, 5.41) is 9.51. The van der Waals surface area contributed by atoms with Crippen LogP contribution >= 0.6 is 0 Å². The Morgan fingerprint density at radius 3 is 2.16 bits per heavy atom. The van der Waals surface area contributed by atoms with Gasteiger partial charge in [0.05, 0.1) is 6.10 Å². The summed E-state index contributed by atoms with van der Waals surface area (Å²) in [5.74, 6) is -0.704. The van der Waals surface area contributed by atoms with Gasteiger partial charge in [-0.25, -0.2) is 0 Å². The fourth-order valence-corrected chi connectivity index (χ4v) is 1.43. The van der Waals surface area contributed by atoms with Gasteiger partial charge in [0.2, 0.25) is 0 Å². The first-order valence-corrected chi connectivity index (χ1v) is 5.18. The van der Waals surface area contributed by atoms with Gasteiger partial charge < -0.3 is 9.84 Å². The maximum absolute atomic E-state index is 12.1. The lowest BCUT2D eigenvalue weighted by atomic mass is 10.0. The second-order valence-corrected chi connectivity index (χ2v) is 3.76. The van der Waals surface area contributed by atoms with Crippen LogP contribution in [0, 0.1) is 0 Å². The second kappa shape index (κ2) is 5.68. The van der Waals surface area contributed by atoms with Gasteiger partial charge in [-0.1, -0.05) is 18.2 Å². The molecule has 0 aromatic heterocycles. The Morgan fingerprint density at radius 1 is 1.05 bits per heavy atom. The van der Waals surface area contributed by atoms with Gasteiger partial charge in [0.15, 0.2) is 0 Å². The summed E-state index contributed by atoms with van der Waals surface area (Å²) >= 11 is 0. The molecule has 2 nitrogen and oxygen atoms in total. The van der Waals surface area contributed by atoms with Gasteiger partial charge in [-0.05, 0) is 12.5 Å². The van der Waals surface area contributed by atoms with Crippen LogP contribution in [0.2, 0.25) is 0 Å². The number of aliphatic hydroxyl groups excluding tert-OH is 1. The summed E-state index contributed by atoms with van der Waals surface area (Å²) in [4.78, 5) is 0. The quantitative estimate of drug-likeness (QED) is 0.850. The molecule has 1 atom stereocenters. The fourth-order valence-electron chi connectivity index (χ4n) is 1.43. The fraction of sp³-hybridized carbons (Fsp3) is 0.455. The molecule has 0 aliphatic rings. The summed E-state index contributed by atoms with van der Waals surface area (Å²) in [6, 6.07) is 4.54. The molecular weight excluding hydrogens is 278 g/mol. The Labute approximate surface area is 104 Å². The molecule has 0 bridgehead atoms. The van der Waals surface area contributed by atoms with E-state index in [2.05, 4.69) is 4.74 Å². The third kappa shape index (κ3) is 5.82. The first-order valence-electron chi connectivity index (χ1n) is 5.18. The minimum Gasteiger partial charge on any atom is -0.405 e. The minimum atomic E-state index is -4.97. The third-order valence-corrected chi connectivity index (χ3v) is 2.20. The van der Waals surface area contributed by atoms with Crippen molar-refractivity contribution in [2.24, 2.45) is 0 Å². The number of hydrogen-bond donors (Lipinski definition) is 1. The molecule has 0 fully saturated rings. The smallest absolute Gasteiger partial charge is 0.405 e. The minimum absolute atomic E-state index is 0.330. The van der Waals surface area contributed by atoms with Crippen molar-refractivity contribution in [1.29, 1.82) is 0 Å². The van der Waals surface area contributed by atoms with E-state index in [1.54, 1.807) is 0 Å². The Balaban J connectivity index is 2.82. The monoisotopic (exact) mass is 288 g/mol. The zero-order valence-electron chi connectivity index (χ0n) is 9.42. The highest BCUT2D eigenvalue weighted by Gasteiger charge is 2.33. The molecule has 0 saturated carbocycles. The number of halogens is 6. The van der Waals surface area contributed by atoms with Gasteiger partial charge in [0.25, 0.3) is 0 Å². The van der Waals surface area contributed by atoms with E-state index in [4.69, 9.17) is 0 Å². The molecule has 19 heavy (non-hydrogen) atoms. The molecule has 0 radical (unpaired) electrons. The number of ether oxygens (including phenoxy) is 1. The van der Waals surface area contributed by atoms with Crippen molar-refractivity contribution < 1.29 is 36.2 Å². The maximum atomic E-state index is 12.1. The van der Waals surface area contributed by atoms with E-state index in [0.717, 1.165) is 12.1 Å². The number of aliphatic hydroxyl groups is 1. The molecule has 0 aliphatic heterocycles. The topological polar surface area (TPSA) is 29.5 Å². The van der Waals surface area contributed by atoms with E-state index in [1.807, 2.05) is 0 Å². The molecule has 0 heterocycles. The van der Waals surface area contributed by atoms with E-state index < -0.39 is 37.2 Å². The SMILES string of the molecule is OC(CCC(F)(F)F)c1ccccc1OC(F)(F)F. The van der Waals surface area contributed by atoms with Crippen LogP contribution in [0.25, 0.3) is 0 Å². The van der Waals surface area contributed by atoms with Crippen LogP contribution in [0.3, 0.4) is 0 Å². The van der Waals surface area contributed by atoms with Gasteiger partial charge in [-0.15, -0.1) is 13.2 Å². The van der Waals surface area contributed by atoms with Crippen LogP contribution in [0.1, 0.15) is 24.5 Å². The summed E-state index contributed by atoms with van der Waals surface area (Å²) in [6.07, 6.45) is -13.2. The normalized spacial score (nSPS) is 14.3. The number of benzene rings is 1. The van der Waals surface area contributed by atoms with Crippen molar-refractivity contribution in [2.75, 3.05) is 0 Å². The number of para-hydroxylation sites is 1. The Bertz CT molecular complexity index is 412. The molecule has 1 aromatic carbocycles. The Morgan fingerprint density at radius 2 is 1.63 bits per heavy atom. The van der Waals surface area contributed by atoms with Crippen molar-refractivity contribution >= 4 is 0 Å². The summed E-state index contributed by atoms with van der Waals surface area (Å²) < 4.78 is 75.8. The Kier molecular flexibility index (Phi) is 4.67. The zero-order chi connectivity index (χ0) is 14.7. The van der Waals surface area contributed by atoms with Crippen molar-refractivity contribution in [3.8, 4) is 5.75 Å². The molecule has 8 heteroatoms. The molecular formula is C11H10F6O2. The predicted molar refractivity (Wildman–Crippen MR) is 53.4 cm³/mol. The average Bonchev–Trinajstić information content (AvgIpc) is 2.23. The Hall–Kier alpha value is -1.44. The molecule has 1 N–H and O–H groups in total. The summed E-state index contributed by atoms with van der Waals surface area (Å²) in [7, 11) is 0. The molecule has 1 unspecified atom stereocenters. The highest BCUT2D eigenvalue weighted by molar-refractivity contribution is 5.35. The van der Waals surface area contributed by atoms with Gasteiger partial charge in [-0.3, -0.25) is 0 Å². The van der Waals surface area contributed by atoms with Crippen LogP contribution < -0.4 is 4.74 Å². The largest absolute Gasteiger partial charge is 0.573 e. The van der Waals surface area contributed by atoms with Crippen molar-refractivity contribution in [3.05, 3.63) is 29.8 Å². The van der Waals surface area contributed by atoms with E-state index in [1.165, 1.54) is 12.1 Å². The molecule has 1 aromatic rings. The summed E-state index contributed by atoms with van der Waals surface area (Å²) in [6.45, 7) is 0. The van der Waals surface area contributed by atoms with Gasteiger partial charge in [-0.2, -0.15) is 13.2 Å². The lowest BCUT2D eigenvalue weighted by Gasteiger charge is -2.17. The van der Waals surface area contributed by atoms with E-state index in [0.29, 0.717) is 0 Å². The number of hydrogen-bond acceptors (Lipinski definition) is 2. The lowest BCUT2D eigenvalue weighted by molar-refractivity contribution is -0.275. The molecule has 108 valence electrons. The molecule has 0 aliphatic carbocycles. The standard InChI is InChI=1S/C11H10F6O2/c12-10(13,14)6-5-8(18)7-3-1-2-4-9(7)19-11(15,16)17/h1-4,8,18H,5-6H2. The second-order valence-electron chi connectivity index (χ2n) is 3.76. The maximum Gasteiger partial charge on any atom is 0.573 e. The van der Waals surface area contributed by atoms with Crippen molar-refractivity contribution in [3.63, 3.8) is 0 Å². The highest BCUT2D eigenvalue weighted by Crippen LogP contribution is 2.34. The summed E-state index contributed by atoms with van der Waals surface area (Å²) in [5.41, 5.74) is -0.330. The van der Waals surface area contributed by atoms with Crippen LogP contribution in [-0.2, 0) is 0 Å². The van der Waals surface area contributed by atoms with Crippen molar-refractivity contribution in [1.82, 2.24) is 0 Å². The molecule has 0 spiro atoms. The average molecular weight is 288 g/mol. The number of alkyl halides is 6. The highest BCUT2D eigenvalue weighted by atomic mass is 19.4. The first kappa shape index (κ1) is 15.6. The first-order chi connectivity index (χ1) is 8.58. The van der Waals surface area contributed by atoms with Gasteiger partial charge >= 0.3 is 12.5 Å². The van der Waals surface area contributed by atoms with Crippen LogP contribution in [0.4, 0.5) is 26.3 Å². The molecule has 0 amide bonds. The molecule has 0 saturated heterocycles. The molecule has 1 rings (SSSR count). The van der Waals surface area contributed by atoms with E-state index in [-0.39, 0.29) is 5.56 Å². The van der Waals surface area contributed by atoms with Crippen molar-refractivity contribution in [2.45, 2.75) is 31.5 Å². The third-order valence-electron chi connectivity index (χ3n) is 2.20. The van der Waals surface area contributed by atoms with Gasteiger partial charge in [0.1, 0.15) is 5.75 Å². The van der Waals surface area contributed by atoms with E-state index >= 15 is 0 Å². The van der Waals surface area contributed by atoms with Gasteiger partial charge in [0, 0.05) is 12.0 Å². The van der Waals surface area contributed by atoms with Crippen LogP contribution in [-0.4, -0.2) is 17.6 Å². The van der Waals surface area contributed by atoms with Crippen LogP contribution in [0.15, 0.2) is 24.3 Å². The lowest BCUT2D eigenvalue weighted by Crippen LogP contribution is -2.19. The number of rotatable bonds is 4.